The number of halogens is 2. The van der Waals surface area contributed by atoms with Crippen LogP contribution in [0.5, 0.6) is 11.5 Å². The molecule has 1 aromatic heterocycles. The van der Waals surface area contributed by atoms with Crippen molar-refractivity contribution in [1.29, 1.82) is 0 Å². The van der Waals surface area contributed by atoms with Crippen molar-refractivity contribution in [1.82, 2.24) is 15.6 Å². The molecular weight excluding hydrogens is 508 g/mol. The van der Waals surface area contributed by atoms with Gasteiger partial charge in [-0.15, -0.1) is 0 Å². The lowest BCUT2D eigenvalue weighted by Crippen LogP contribution is -2.18. The molecule has 0 radical (unpaired) electrons. The number of hydrogen-bond donors (Lipinski definition) is 3. The van der Waals surface area contributed by atoms with Crippen molar-refractivity contribution in [2.75, 3.05) is 0 Å². The maximum Gasteiger partial charge on any atom is 0.289 e. The van der Waals surface area contributed by atoms with Gasteiger partial charge in [-0.1, -0.05) is 51.8 Å². The summed E-state index contributed by atoms with van der Waals surface area (Å²) >= 11 is 9.25. The van der Waals surface area contributed by atoms with E-state index in [-0.39, 0.29) is 11.4 Å². The van der Waals surface area contributed by atoms with Gasteiger partial charge in [0.15, 0.2) is 0 Å². The number of nitrogens with zero attached hydrogens (tertiary/aromatic N) is 2. The number of ether oxygens (including phenoxy) is 1. The molecule has 0 atom stereocenters. The average molecular weight is 526 g/mol. The summed E-state index contributed by atoms with van der Waals surface area (Å²) in [7, 11) is 0. The molecule has 9 heteroatoms. The highest BCUT2D eigenvalue weighted by Gasteiger charge is 2.14. The predicted molar refractivity (Wildman–Crippen MR) is 131 cm³/mol. The number of carbonyl (C=O) groups excluding carboxylic acids is 1. The second-order valence-corrected chi connectivity index (χ2v) is 8.33. The van der Waals surface area contributed by atoms with Crippen molar-refractivity contribution in [3.63, 3.8) is 0 Å². The topological polar surface area (TPSA) is 99.6 Å². The number of carbonyl (C=O) groups is 1. The van der Waals surface area contributed by atoms with Gasteiger partial charge in [-0.05, 0) is 54.1 Å². The van der Waals surface area contributed by atoms with E-state index in [9.17, 15) is 9.90 Å². The smallest absolute Gasteiger partial charge is 0.289 e. The number of amides is 1. The SMILES string of the molecule is O=C(NN=Cc1cc(Br)ccc1O)c1cc(-c2ccccc2OCc2ccc(Cl)cc2)n[nH]1. The Morgan fingerprint density at radius 3 is 2.76 bits per heavy atom. The summed E-state index contributed by atoms with van der Waals surface area (Å²) < 4.78 is 6.75. The van der Waals surface area contributed by atoms with Gasteiger partial charge in [0.2, 0.25) is 0 Å². The number of hydrazone groups is 1. The fourth-order valence-electron chi connectivity index (χ4n) is 2.97. The molecule has 7 nitrogen and oxygen atoms in total. The van der Waals surface area contributed by atoms with E-state index in [1.165, 1.54) is 12.3 Å². The zero-order chi connectivity index (χ0) is 23.2. The number of rotatable bonds is 7. The summed E-state index contributed by atoms with van der Waals surface area (Å²) in [5.74, 6) is 0.211. The Balaban J connectivity index is 1.44. The van der Waals surface area contributed by atoms with Crippen molar-refractivity contribution < 1.29 is 14.6 Å². The van der Waals surface area contributed by atoms with Crippen molar-refractivity contribution >= 4 is 39.7 Å². The van der Waals surface area contributed by atoms with Crippen LogP contribution in [0.2, 0.25) is 5.02 Å². The van der Waals surface area contributed by atoms with Gasteiger partial charge in [0.25, 0.3) is 5.91 Å². The van der Waals surface area contributed by atoms with E-state index in [2.05, 4.69) is 36.7 Å². The minimum Gasteiger partial charge on any atom is -0.507 e. The van der Waals surface area contributed by atoms with Crippen LogP contribution in [0.4, 0.5) is 0 Å². The predicted octanol–water partition coefficient (Wildman–Crippen LogP) is 5.54. The Bertz CT molecular complexity index is 1310. The van der Waals surface area contributed by atoms with E-state index in [1.807, 2.05) is 48.5 Å². The van der Waals surface area contributed by atoms with Gasteiger partial charge < -0.3 is 9.84 Å². The molecule has 33 heavy (non-hydrogen) atoms. The van der Waals surface area contributed by atoms with Gasteiger partial charge in [-0.3, -0.25) is 9.89 Å². The summed E-state index contributed by atoms with van der Waals surface area (Å²) in [6.07, 6.45) is 1.36. The Kier molecular flexibility index (Phi) is 7.07. The standard InChI is InChI=1S/C24H18BrClN4O3/c25-17-7-10-22(31)16(11-17)13-27-30-24(32)21-12-20(28-29-21)19-3-1-2-4-23(19)33-14-15-5-8-18(26)9-6-15/h1-13,31H,14H2,(H,28,29)(H,30,32). The summed E-state index contributed by atoms with van der Waals surface area (Å²) in [4.78, 5) is 12.4. The van der Waals surface area contributed by atoms with Crippen LogP contribution in [-0.2, 0) is 6.61 Å². The van der Waals surface area contributed by atoms with Gasteiger partial charge in [0.1, 0.15) is 23.8 Å². The quantitative estimate of drug-likeness (QED) is 0.218. The molecule has 0 unspecified atom stereocenters. The molecule has 0 saturated carbocycles. The molecule has 0 aliphatic heterocycles. The van der Waals surface area contributed by atoms with Gasteiger partial charge in [-0.2, -0.15) is 10.2 Å². The van der Waals surface area contributed by atoms with E-state index in [1.54, 1.807) is 18.2 Å². The van der Waals surface area contributed by atoms with E-state index in [4.69, 9.17) is 16.3 Å². The first-order valence-corrected chi connectivity index (χ1v) is 11.0. The maximum absolute atomic E-state index is 12.4. The molecule has 3 N–H and O–H groups in total. The number of phenolic OH excluding ortho intramolecular Hbond substituents is 1. The van der Waals surface area contributed by atoms with Crippen LogP contribution in [0, 0.1) is 0 Å². The molecule has 0 saturated heterocycles. The number of aromatic amines is 1. The fourth-order valence-corrected chi connectivity index (χ4v) is 3.48. The number of phenols is 1. The van der Waals surface area contributed by atoms with Crippen molar-refractivity contribution in [3.05, 3.63) is 99.1 Å². The van der Waals surface area contributed by atoms with Crippen LogP contribution in [-0.4, -0.2) is 27.4 Å². The number of H-pyrrole nitrogens is 1. The third kappa shape index (κ3) is 5.79. The van der Waals surface area contributed by atoms with Crippen molar-refractivity contribution in [2.45, 2.75) is 6.61 Å². The van der Waals surface area contributed by atoms with Crippen LogP contribution in [0.1, 0.15) is 21.6 Å². The van der Waals surface area contributed by atoms with Crippen LogP contribution in [0.15, 0.2) is 82.4 Å². The van der Waals surface area contributed by atoms with Gasteiger partial charge in [-0.25, -0.2) is 5.43 Å². The van der Waals surface area contributed by atoms with Crippen molar-refractivity contribution in [3.8, 4) is 22.8 Å². The van der Waals surface area contributed by atoms with E-state index in [0.717, 1.165) is 15.6 Å². The minimum atomic E-state index is -0.473. The third-order valence-corrected chi connectivity index (χ3v) is 5.40. The van der Waals surface area contributed by atoms with Crippen LogP contribution < -0.4 is 10.2 Å². The van der Waals surface area contributed by atoms with E-state index < -0.39 is 5.91 Å². The lowest BCUT2D eigenvalue weighted by Gasteiger charge is -2.10. The Morgan fingerprint density at radius 2 is 1.94 bits per heavy atom. The zero-order valence-corrected chi connectivity index (χ0v) is 19.5. The molecule has 0 spiro atoms. The Morgan fingerprint density at radius 1 is 1.15 bits per heavy atom. The molecule has 1 heterocycles. The molecule has 166 valence electrons. The Labute approximate surface area is 203 Å². The molecule has 0 aliphatic rings. The van der Waals surface area contributed by atoms with Crippen LogP contribution in [0.25, 0.3) is 11.3 Å². The highest BCUT2D eigenvalue weighted by molar-refractivity contribution is 9.10. The highest BCUT2D eigenvalue weighted by atomic mass is 79.9. The largest absolute Gasteiger partial charge is 0.507 e. The van der Waals surface area contributed by atoms with Gasteiger partial charge in [0, 0.05) is 20.6 Å². The number of nitrogens with one attached hydrogen (secondary N) is 2. The lowest BCUT2D eigenvalue weighted by atomic mass is 10.1. The normalized spacial score (nSPS) is 11.0. The van der Waals surface area contributed by atoms with E-state index in [0.29, 0.717) is 28.6 Å². The first-order valence-electron chi connectivity index (χ1n) is 9.83. The molecule has 3 aromatic carbocycles. The average Bonchev–Trinajstić information content (AvgIpc) is 3.31. The summed E-state index contributed by atoms with van der Waals surface area (Å²) in [5.41, 5.74) is 5.38. The molecule has 0 aliphatic carbocycles. The molecule has 4 rings (SSSR count). The number of hydrogen-bond acceptors (Lipinski definition) is 5. The summed E-state index contributed by atoms with van der Waals surface area (Å²) in [5, 5.41) is 21.4. The third-order valence-electron chi connectivity index (χ3n) is 4.65. The monoisotopic (exact) mass is 524 g/mol. The number of benzene rings is 3. The molecular formula is C24H18BrClN4O3. The molecule has 1 amide bonds. The molecule has 4 aromatic rings. The lowest BCUT2D eigenvalue weighted by molar-refractivity contribution is 0.0950. The Hall–Kier alpha value is -3.62. The summed E-state index contributed by atoms with van der Waals surface area (Å²) in [6, 6.07) is 21.4. The minimum absolute atomic E-state index is 0.0511. The highest BCUT2D eigenvalue weighted by Crippen LogP contribution is 2.29. The maximum atomic E-state index is 12.4. The van der Waals surface area contributed by atoms with Crippen LogP contribution >= 0.6 is 27.5 Å². The molecule has 0 fully saturated rings. The van der Waals surface area contributed by atoms with Crippen molar-refractivity contribution in [2.24, 2.45) is 5.10 Å². The second kappa shape index (κ2) is 10.3. The first-order chi connectivity index (χ1) is 16.0. The number of para-hydroxylation sites is 1. The van der Waals surface area contributed by atoms with E-state index >= 15 is 0 Å². The molecule has 0 bridgehead atoms. The van der Waals surface area contributed by atoms with Gasteiger partial charge in [0.05, 0.1) is 11.9 Å². The second-order valence-electron chi connectivity index (χ2n) is 6.98. The number of aromatic nitrogens is 2. The number of aromatic hydroxyl groups is 1. The fraction of sp³-hybridized carbons (Fsp3) is 0.0417. The van der Waals surface area contributed by atoms with Gasteiger partial charge >= 0.3 is 0 Å². The summed E-state index contributed by atoms with van der Waals surface area (Å²) in [6.45, 7) is 0.364. The first kappa shape index (κ1) is 22.6. The zero-order valence-electron chi connectivity index (χ0n) is 17.1. The van der Waals surface area contributed by atoms with Crippen LogP contribution in [0.3, 0.4) is 0 Å².